The van der Waals surface area contributed by atoms with E-state index in [9.17, 15) is 14.4 Å². The van der Waals surface area contributed by atoms with Crippen molar-refractivity contribution in [2.75, 3.05) is 113 Å². The van der Waals surface area contributed by atoms with E-state index in [0.717, 1.165) is 116 Å². The molecule has 0 aliphatic rings. The van der Waals surface area contributed by atoms with Crippen LogP contribution in [0, 0.1) is 5.92 Å². The molecule has 3 unspecified atom stereocenters. The Labute approximate surface area is 449 Å². The first-order valence-electron chi connectivity index (χ1n) is 29.1. The summed E-state index contributed by atoms with van der Waals surface area (Å²) in [6.07, 6.45) is 27.8. The average molecular weight is 1070 g/mol. The summed E-state index contributed by atoms with van der Waals surface area (Å²) in [5.41, 5.74) is 0. The molecule has 0 aliphatic carbocycles. The van der Waals surface area contributed by atoms with E-state index < -0.39 is 0 Å². The van der Waals surface area contributed by atoms with Crippen molar-refractivity contribution >= 4 is 22.8 Å². The summed E-state index contributed by atoms with van der Waals surface area (Å²) in [5, 5.41) is 0. The summed E-state index contributed by atoms with van der Waals surface area (Å²) in [4.78, 5) is 44.3. The van der Waals surface area contributed by atoms with E-state index in [-0.39, 0.29) is 62.6 Å². The number of carbonyl (C=O) groups excluding carboxylic acids is 3. The van der Waals surface area contributed by atoms with Crippen LogP contribution in [0.15, 0.2) is 0 Å². The van der Waals surface area contributed by atoms with E-state index in [4.69, 9.17) is 42.6 Å². The van der Waals surface area contributed by atoms with Crippen LogP contribution in [0.5, 0.6) is 0 Å². The topological polar surface area (TPSA) is 141 Å². The van der Waals surface area contributed by atoms with Gasteiger partial charge in [0.15, 0.2) is 0 Å². The normalized spacial score (nSPS) is 12.9. The molecular formula is C57H110N2O12V. The minimum absolute atomic E-state index is 0.0129. The fourth-order valence-electron chi connectivity index (χ4n) is 7.84. The zero-order valence-corrected chi connectivity index (χ0v) is 48.6. The van der Waals surface area contributed by atoms with E-state index in [0.29, 0.717) is 84.9 Å². The predicted octanol–water partition coefficient (Wildman–Crippen LogP) is 11.6. The van der Waals surface area contributed by atoms with Crippen molar-refractivity contribution in [1.29, 1.82) is 0 Å². The van der Waals surface area contributed by atoms with Gasteiger partial charge in [0, 0.05) is 39.3 Å². The molecule has 0 N–H and O–H groups in total. The Kier molecular flexibility index (Phi) is 54.6. The zero-order chi connectivity index (χ0) is 52.8. The van der Waals surface area contributed by atoms with Crippen LogP contribution in [0.3, 0.4) is 0 Å². The maximum Gasteiger partial charge on any atom is 0.0472 e. The van der Waals surface area contributed by atoms with Gasteiger partial charge < -0.3 is 28.4 Å². The largest absolute Gasteiger partial charge is 0.372 e. The Bertz CT molecular complexity index is 1200. The molecule has 0 amide bonds. The van der Waals surface area contributed by atoms with Gasteiger partial charge in [0.25, 0.3) is 0 Å². The molecule has 0 fully saturated rings. The molecule has 425 valence electrons. The van der Waals surface area contributed by atoms with E-state index >= 15 is 0 Å². The third-order valence-corrected chi connectivity index (χ3v) is 12.9. The van der Waals surface area contributed by atoms with Crippen molar-refractivity contribution in [1.82, 2.24) is 9.80 Å². The number of ether oxygens (including phenoxy) is 9. The number of carbonyl (C=O) groups is 3. The minimum Gasteiger partial charge on any atom is -0.372 e. The van der Waals surface area contributed by atoms with Crippen LogP contribution in [-0.4, -0.2) is 158 Å². The van der Waals surface area contributed by atoms with Gasteiger partial charge in [0.2, 0.25) is 0 Å². The molecule has 72 heavy (non-hydrogen) atoms. The second-order valence-corrected chi connectivity index (χ2v) is 20.2. The maximum absolute atomic E-state index is 12.8. The van der Waals surface area contributed by atoms with E-state index in [2.05, 4.69) is 68.6 Å². The molecule has 0 radical (unpaired) electrons. The predicted molar refractivity (Wildman–Crippen MR) is 287 cm³/mol. The van der Waals surface area contributed by atoms with Crippen LogP contribution in [-0.2, 0) is 74.0 Å². The Balaban J connectivity index is 4.51. The number of esters is 3. The third kappa shape index (κ3) is 50.7. The molecule has 3 atom stereocenters. The van der Waals surface area contributed by atoms with Crippen molar-refractivity contribution < 1.29 is 74.0 Å². The van der Waals surface area contributed by atoms with Gasteiger partial charge in [-0.15, -0.1) is 0 Å². The van der Waals surface area contributed by atoms with Gasteiger partial charge in [0.1, 0.15) is 25.4 Å². The fourth-order valence-corrected chi connectivity index (χ4v) is 8.16. The second-order valence-electron chi connectivity index (χ2n) is 19.9. The molecule has 0 aromatic rings. The number of unbranched alkanes of at least 4 members (excludes halogenated alkanes) is 19. The molecule has 15 heteroatoms. The van der Waals surface area contributed by atoms with Crippen LogP contribution in [0.25, 0.3) is 0 Å². The molecule has 0 saturated carbocycles. The quantitative estimate of drug-likeness (QED) is 0.0247. The first-order chi connectivity index (χ1) is 35.2. The van der Waals surface area contributed by atoms with Gasteiger partial charge >= 0.3 is 193 Å². The average Bonchev–Trinajstić information content (AvgIpc) is 3.37. The Morgan fingerprint density at radius 1 is 0.417 bits per heavy atom. The Morgan fingerprint density at radius 2 is 0.806 bits per heavy atom. The van der Waals surface area contributed by atoms with E-state index in [1.54, 1.807) is 0 Å². The first kappa shape index (κ1) is 70.5. The fraction of sp³-hybridized carbons (Fsp3) is 0.930. The molecule has 0 aliphatic heterocycles. The monoisotopic (exact) mass is 1070 g/mol. The summed E-state index contributed by atoms with van der Waals surface area (Å²) in [5.74, 6) is -0.611. The smallest absolute Gasteiger partial charge is 0.0472 e. The third-order valence-electron chi connectivity index (χ3n) is 12.3. The SMILES string of the molecule is CCCCCCOCC(COC(=O)CCCCCCCOCOCC(COC(=O)CCCCCCC(=O)OCC(COCCCCCC)OCCCCCC)CN([CH]=[V])CCCN(C)C)OCCCCCC. The molecule has 0 aromatic carbocycles. The van der Waals surface area contributed by atoms with Crippen LogP contribution < -0.4 is 0 Å². The van der Waals surface area contributed by atoms with Crippen LogP contribution in [0.2, 0.25) is 0 Å². The number of rotatable bonds is 58. The molecule has 0 heterocycles. The van der Waals surface area contributed by atoms with Crippen LogP contribution in [0.4, 0.5) is 0 Å². The number of nitrogens with zero attached hydrogens (tertiary/aromatic N) is 2. The van der Waals surface area contributed by atoms with Gasteiger partial charge in [0.05, 0.1) is 13.2 Å². The van der Waals surface area contributed by atoms with E-state index in [1.165, 1.54) is 57.8 Å². The van der Waals surface area contributed by atoms with Crippen molar-refractivity contribution in [3.8, 4) is 0 Å². The Morgan fingerprint density at radius 3 is 1.24 bits per heavy atom. The van der Waals surface area contributed by atoms with Crippen LogP contribution in [0.1, 0.15) is 214 Å². The Hall–Kier alpha value is -1.46. The summed E-state index contributed by atoms with van der Waals surface area (Å²) in [7, 11) is 4.15. The second kappa shape index (κ2) is 55.8. The van der Waals surface area contributed by atoms with Crippen molar-refractivity contribution in [2.24, 2.45) is 5.92 Å². The van der Waals surface area contributed by atoms with Crippen molar-refractivity contribution in [3.05, 3.63) is 0 Å². The van der Waals surface area contributed by atoms with Gasteiger partial charge in [-0.25, -0.2) is 0 Å². The minimum atomic E-state index is -0.242. The molecular weight excluding hydrogens is 956 g/mol. The summed E-state index contributed by atoms with van der Waals surface area (Å²) >= 11 is 2.54. The molecule has 0 aromatic heterocycles. The van der Waals surface area contributed by atoms with Gasteiger partial charge in [-0.1, -0.05) is 111 Å². The van der Waals surface area contributed by atoms with Gasteiger partial charge in [-0.2, -0.15) is 0 Å². The van der Waals surface area contributed by atoms with Gasteiger partial charge in [-0.3, -0.25) is 9.59 Å². The molecule has 0 bridgehead atoms. The summed E-state index contributed by atoms with van der Waals surface area (Å²) < 4.78 is 52.5. The molecule has 0 spiro atoms. The van der Waals surface area contributed by atoms with Gasteiger partial charge in [-0.05, 0) is 32.1 Å². The van der Waals surface area contributed by atoms with Crippen LogP contribution >= 0.6 is 0 Å². The zero-order valence-electron chi connectivity index (χ0n) is 47.2. The summed E-state index contributed by atoms with van der Waals surface area (Å²) in [6.45, 7) is 17.0. The van der Waals surface area contributed by atoms with Crippen molar-refractivity contribution in [3.63, 3.8) is 0 Å². The molecule has 0 rings (SSSR count). The first-order valence-corrected chi connectivity index (χ1v) is 29.9. The summed E-state index contributed by atoms with van der Waals surface area (Å²) in [6, 6.07) is 0. The van der Waals surface area contributed by atoms with Crippen molar-refractivity contribution in [2.45, 2.75) is 226 Å². The molecule has 0 saturated heterocycles. The number of hydrogen-bond acceptors (Lipinski definition) is 14. The number of hydrogen-bond donors (Lipinski definition) is 0. The standard InChI is InChI=1S/C57H110N2O12.V/c1-8-12-16-28-39-63-47-53(67-42-31-18-14-10-3)49-70-56(61)35-25-21-20-24-30-41-65-51-66-45-52(44-59(7)38-33-37-58(5)6)46-69-55(60)34-26-22-23-27-36-57(62)71-50-54(68-43-32-19-15-11-4)48-64-40-29-17-13-9-2;/h7,52-54H,8-51H2,1-6H3;. The van der Waals surface area contributed by atoms with E-state index in [1.807, 2.05) is 4.85 Å². The maximum atomic E-state index is 12.8. The molecule has 14 nitrogen and oxygen atoms in total.